The quantitative estimate of drug-likeness (QED) is 0.514. The Morgan fingerprint density at radius 2 is 1.86 bits per heavy atom. The number of hydrogen-bond donors (Lipinski definition) is 0. The first-order chi connectivity index (χ1) is 10.9. The van der Waals surface area contributed by atoms with Crippen LogP contribution in [0.4, 0.5) is 0 Å². The van der Waals surface area contributed by atoms with E-state index in [1.54, 1.807) is 18.9 Å². The lowest BCUT2D eigenvalue weighted by Gasteiger charge is -2.06. The molecule has 22 heavy (non-hydrogen) atoms. The zero-order chi connectivity index (χ0) is 15.2. The standard InChI is InChI=1S/C17H17N3OS/c1-21-13-22-17-19-16(15-5-3-2-4-6-15)12-20(17)11-14-7-9-18-10-8-14/h2-10,12H,11,13H2,1H3. The van der Waals surface area contributed by atoms with Crippen molar-refractivity contribution < 1.29 is 4.74 Å². The lowest BCUT2D eigenvalue weighted by atomic mass is 10.2. The number of benzene rings is 1. The zero-order valence-corrected chi connectivity index (χ0v) is 13.2. The fourth-order valence-corrected chi connectivity index (χ4v) is 2.84. The minimum Gasteiger partial charge on any atom is -0.374 e. The van der Waals surface area contributed by atoms with Crippen molar-refractivity contribution in [3.63, 3.8) is 0 Å². The van der Waals surface area contributed by atoms with E-state index in [0.29, 0.717) is 5.94 Å². The van der Waals surface area contributed by atoms with Crippen LogP contribution >= 0.6 is 11.8 Å². The van der Waals surface area contributed by atoms with Gasteiger partial charge in [-0.15, -0.1) is 0 Å². The van der Waals surface area contributed by atoms with E-state index < -0.39 is 0 Å². The average molecular weight is 311 g/mol. The fourth-order valence-electron chi connectivity index (χ4n) is 2.17. The molecule has 2 aromatic heterocycles. The number of pyridine rings is 1. The van der Waals surface area contributed by atoms with Gasteiger partial charge in [0.15, 0.2) is 5.16 Å². The first-order valence-electron chi connectivity index (χ1n) is 7.00. The average Bonchev–Trinajstić information content (AvgIpc) is 2.97. The van der Waals surface area contributed by atoms with Gasteiger partial charge in [-0.3, -0.25) is 4.98 Å². The molecule has 0 aliphatic carbocycles. The first-order valence-corrected chi connectivity index (χ1v) is 7.98. The molecule has 0 aliphatic heterocycles. The summed E-state index contributed by atoms with van der Waals surface area (Å²) in [6.45, 7) is 0.772. The molecule has 0 N–H and O–H groups in total. The van der Waals surface area contributed by atoms with Gasteiger partial charge in [0, 0.05) is 37.8 Å². The summed E-state index contributed by atoms with van der Waals surface area (Å²) >= 11 is 1.60. The summed E-state index contributed by atoms with van der Waals surface area (Å²) in [5.41, 5.74) is 3.30. The van der Waals surface area contributed by atoms with Gasteiger partial charge in [-0.25, -0.2) is 4.98 Å². The van der Waals surface area contributed by atoms with Crippen LogP contribution in [0.25, 0.3) is 11.3 Å². The molecule has 0 aliphatic rings. The van der Waals surface area contributed by atoms with E-state index in [0.717, 1.165) is 23.0 Å². The third-order valence-corrected chi connectivity index (χ3v) is 4.16. The summed E-state index contributed by atoms with van der Waals surface area (Å²) in [5, 5.41) is 0.956. The Balaban J connectivity index is 1.91. The zero-order valence-electron chi connectivity index (χ0n) is 12.3. The van der Waals surface area contributed by atoms with Gasteiger partial charge < -0.3 is 9.30 Å². The Morgan fingerprint density at radius 3 is 2.59 bits per heavy atom. The molecule has 4 nitrogen and oxygen atoms in total. The summed E-state index contributed by atoms with van der Waals surface area (Å²) in [7, 11) is 1.70. The molecule has 2 heterocycles. The highest BCUT2D eigenvalue weighted by Gasteiger charge is 2.10. The second-order valence-electron chi connectivity index (χ2n) is 4.81. The summed E-state index contributed by atoms with van der Waals surface area (Å²) in [4.78, 5) is 8.81. The molecule has 0 amide bonds. The maximum Gasteiger partial charge on any atom is 0.171 e. The van der Waals surface area contributed by atoms with E-state index in [-0.39, 0.29) is 0 Å². The smallest absolute Gasteiger partial charge is 0.171 e. The molecule has 3 rings (SSSR count). The fraction of sp³-hybridized carbons (Fsp3) is 0.176. The van der Waals surface area contributed by atoms with Crippen molar-refractivity contribution in [1.29, 1.82) is 0 Å². The molecule has 0 saturated carbocycles. The maximum atomic E-state index is 5.17. The van der Waals surface area contributed by atoms with Crippen LogP contribution in [0.2, 0.25) is 0 Å². The first kappa shape index (κ1) is 14.8. The number of thioether (sulfide) groups is 1. The van der Waals surface area contributed by atoms with Crippen LogP contribution in [-0.2, 0) is 11.3 Å². The van der Waals surface area contributed by atoms with E-state index in [1.165, 1.54) is 5.56 Å². The van der Waals surface area contributed by atoms with E-state index in [9.17, 15) is 0 Å². The number of ether oxygens (including phenoxy) is 1. The Morgan fingerprint density at radius 1 is 1.09 bits per heavy atom. The Kier molecular flexibility index (Phi) is 4.88. The van der Waals surface area contributed by atoms with Crippen molar-refractivity contribution in [2.45, 2.75) is 11.7 Å². The highest BCUT2D eigenvalue weighted by Crippen LogP contribution is 2.25. The van der Waals surface area contributed by atoms with E-state index in [1.807, 2.05) is 42.7 Å². The van der Waals surface area contributed by atoms with Gasteiger partial charge in [-0.05, 0) is 17.7 Å². The minimum absolute atomic E-state index is 0.585. The molecule has 0 bridgehead atoms. The minimum atomic E-state index is 0.585. The van der Waals surface area contributed by atoms with Crippen LogP contribution in [-0.4, -0.2) is 27.6 Å². The third-order valence-electron chi connectivity index (χ3n) is 3.22. The van der Waals surface area contributed by atoms with Crippen LogP contribution < -0.4 is 0 Å². The molecule has 112 valence electrons. The molecular formula is C17H17N3OS. The van der Waals surface area contributed by atoms with Gasteiger partial charge in [-0.2, -0.15) is 0 Å². The lowest BCUT2D eigenvalue weighted by Crippen LogP contribution is -2.00. The molecule has 0 fully saturated rings. The van der Waals surface area contributed by atoms with Gasteiger partial charge in [0.25, 0.3) is 0 Å². The lowest BCUT2D eigenvalue weighted by molar-refractivity contribution is 0.258. The van der Waals surface area contributed by atoms with E-state index >= 15 is 0 Å². The monoisotopic (exact) mass is 311 g/mol. The highest BCUT2D eigenvalue weighted by molar-refractivity contribution is 7.99. The number of hydrogen-bond acceptors (Lipinski definition) is 4. The molecule has 0 radical (unpaired) electrons. The van der Waals surface area contributed by atoms with Crippen molar-refractivity contribution >= 4 is 11.8 Å². The van der Waals surface area contributed by atoms with Gasteiger partial charge in [-0.1, -0.05) is 42.1 Å². The Bertz CT molecular complexity index is 713. The van der Waals surface area contributed by atoms with Crippen molar-refractivity contribution in [1.82, 2.24) is 14.5 Å². The molecule has 3 aromatic rings. The number of methoxy groups -OCH3 is 1. The Labute approximate surface area is 134 Å². The van der Waals surface area contributed by atoms with Crippen molar-refractivity contribution in [2.75, 3.05) is 13.0 Å². The van der Waals surface area contributed by atoms with Gasteiger partial charge in [0.05, 0.1) is 11.6 Å². The van der Waals surface area contributed by atoms with Crippen LogP contribution in [0.1, 0.15) is 5.56 Å². The molecule has 1 aromatic carbocycles. The van der Waals surface area contributed by atoms with E-state index in [4.69, 9.17) is 9.72 Å². The third kappa shape index (κ3) is 3.55. The predicted molar refractivity (Wildman–Crippen MR) is 88.7 cm³/mol. The van der Waals surface area contributed by atoms with E-state index in [2.05, 4.69) is 27.9 Å². The summed E-state index contributed by atoms with van der Waals surface area (Å²) < 4.78 is 7.32. The summed E-state index contributed by atoms with van der Waals surface area (Å²) in [6.07, 6.45) is 5.71. The maximum absolute atomic E-state index is 5.17. The van der Waals surface area contributed by atoms with Crippen LogP contribution in [0.15, 0.2) is 66.2 Å². The van der Waals surface area contributed by atoms with Gasteiger partial charge in [0.1, 0.15) is 0 Å². The second kappa shape index (κ2) is 7.24. The molecule has 5 heteroatoms. The van der Waals surface area contributed by atoms with Gasteiger partial charge in [0.2, 0.25) is 0 Å². The summed E-state index contributed by atoms with van der Waals surface area (Å²) in [5.74, 6) is 0.585. The normalized spacial score (nSPS) is 10.8. The largest absolute Gasteiger partial charge is 0.374 e. The second-order valence-corrected chi connectivity index (χ2v) is 5.70. The molecular weight excluding hydrogens is 294 g/mol. The van der Waals surface area contributed by atoms with Crippen molar-refractivity contribution in [2.24, 2.45) is 0 Å². The summed E-state index contributed by atoms with van der Waals surface area (Å²) in [6, 6.07) is 14.3. The molecule has 0 saturated heterocycles. The van der Waals surface area contributed by atoms with Gasteiger partial charge >= 0.3 is 0 Å². The predicted octanol–water partition coefficient (Wildman–Crippen LogP) is 3.69. The Hall–Kier alpha value is -2.11. The SMILES string of the molecule is COCSc1nc(-c2ccccc2)cn1Cc1ccncc1. The van der Waals surface area contributed by atoms with Crippen molar-refractivity contribution in [3.8, 4) is 11.3 Å². The molecule has 0 spiro atoms. The number of imidazole rings is 1. The molecule has 0 unspecified atom stereocenters. The number of rotatable bonds is 6. The molecule has 0 atom stereocenters. The van der Waals surface area contributed by atoms with Crippen molar-refractivity contribution in [3.05, 3.63) is 66.6 Å². The van der Waals surface area contributed by atoms with Crippen LogP contribution in [0, 0.1) is 0 Å². The number of nitrogens with zero attached hydrogens (tertiary/aromatic N) is 3. The topological polar surface area (TPSA) is 39.9 Å². The van der Waals surface area contributed by atoms with Crippen LogP contribution in [0.5, 0.6) is 0 Å². The highest BCUT2D eigenvalue weighted by atomic mass is 32.2. The van der Waals surface area contributed by atoms with Crippen LogP contribution in [0.3, 0.4) is 0 Å². The number of aromatic nitrogens is 3.